The van der Waals surface area contributed by atoms with Crippen LogP contribution < -0.4 is 0 Å². The van der Waals surface area contributed by atoms with Gasteiger partial charge in [-0.25, -0.2) is 0 Å². The maximum absolute atomic E-state index is 2.75. The molecule has 4 rings (SSSR count). The fraction of sp³-hybridized carbons (Fsp3) is 1.00. The Kier molecular flexibility index (Phi) is 6.01. The zero-order chi connectivity index (χ0) is 20.1. The Morgan fingerprint density at radius 2 is 1.46 bits per heavy atom. The summed E-state index contributed by atoms with van der Waals surface area (Å²) in [6.45, 7) is 15.4. The lowest BCUT2D eigenvalue weighted by Gasteiger charge is -2.61. The zero-order valence-corrected chi connectivity index (χ0v) is 20.1. The van der Waals surface area contributed by atoms with Crippen LogP contribution in [0.15, 0.2) is 0 Å². The monoisotopic (exact) mass is 386 g/mol. The van der Waals surface area contributed by atoms with E-state index in [2.05, 4.69) is 41.5 Å². The van der Waals surface area contributed by atoms with Crippen molar-refractivity contribution in [2.45, 2.75) is 119 Å². The molecule has 9 atom stereocenters. The third-order valence-electron chi connectivity index (χ3n) is 11.6. The average molecular weight is 387 g/mol. The minimum Gasteiger partial charge on any atom is -0.0625 e. The van der Waals surface area contributed by atoms with Gasteiger partial charge in [-0.15, -0.1) is 0 Å². The fourth-order valence-corrected chi connectivity index (χ4v) is 9.33. The highest BCUT2D eigenvalue weighted by Gasteiger charge is 2.60. The summed E-state index contributed by atoms with van der Waals surface area (Å²) in [5, 5.41) is 0. The second-order valence-corrected chi connectivity index (χ2v) is 12.9. The van der Waals surface area contributed by atoms with Crippen LogP contribution in [-0.2, 0) is 0 Å². The zero-order valence-electron chi connectivity index (χ0n) is 20.1. The first kappa shape index (κ1) is 21.2. The van der Waals surface area contributed by atoms with E-state index in [1.807, 2.05) is 0 Å². The van der Waals surface area contributed by atoms with Gasteiger partial charge < -0.3 is 0 Å². The Bertz CT molecular complexity index is 534. The second kappa shape index (κ2) is 7.92. The highest BCUT2D eigenvalue weighted by Crippen LogP contribution is 2.68. The first-order valence-corrected chi connectivity index (χ1v) is 13.3. The van der Waals surface area contributed by atoms with E-state index in [9.17, 15) is 0 Å². The van der Waals surface area contributed by atoms with Gasteiger partial charge in [0.15, 0.2) is 0 Å². The topological polar surface area (TPSA) is 0 Å². The quantitative estimate of drug-likeness (QED) is 0.443. The molecule has 162 valence electrons. The largest absolute Gasteiger partial charge is 0.0625 e. The molecule has 0 nitrogen and oxygen atoms in total. The summed E-state index contributed by atoms with van der Waals surface area (Å²) in [6, 6.07) is 0. The smallest absolute Gasteiger partial charge is 0.0264 e. The normalized spacial score (nSPS) is 47.9. The molecule has 28 heavy (non-hydrogen) atoms. The molecule has 4 saturated carbocycles. The lowest BCUT2D eigenvalue weighted by molar-refractivity contribution is -0.114. The Morgan fingerprint density at radius 1 is 0.714 bits per heavy atom. The summed E-state index contributed by atoms with van der Waals surface area (Å²) in [5.41, 5.74) is 1.37. The molecule has 4 aliphatic rings. The van der Waals surface area contributed by atoms with Crippen molar-refractivity contribution in [2.24, 2.45) is 58.2 Å². The van der Waals surface area contributed by atoms with Gasteiger partial charge in [0.1, 0.15) is 0 Å². The van der Waals surface area contributed by atoms with Crippen molar-refractivity contribution in [3.05, 3.63) is 0 Å². The SMILES string of the molecule is CC(C)[C@@H](C)CC[C@@H](C)[C@H]1CC[C@H]2[C@@H]3CCC4CCCC[C@]4(C)[C@H]3CC[C@]12C. The van der Waals surface area contributed by atoms with Crippen LogP contribution in [-0.4, -0.2) is 0 Å². The third kappa shape index (κ3) is 3.41. The van der Waals surface area contributed by atoms with E-state index in [0.29, 0.717) is 10.8 Å². The van der Waals surface area contributed by atoms with Crippen molar-refractivity contribution in [1.29, 1.82) is 0 Å². The Morgan fingerprint density at radius 3 is 2.21 bits per heavy atom. The summed E-state index contributed by atoms with van der Waals surface area (Å²) in [6.07, 6.45) is 18.4. The minimum atomic E-state index is 0.666. The Labute approximate surface area is 177 Å². The van der Waals surface area contributed by atoms with Gasteiger partial charge in [-0.3, -0.25) is 0 Å². The van der Waals surface area contributed by atoms with Gasteiger partial charge >= 0.3 is 0 Å². The molecular formula is C28H50. The van der Waals surface area contributed by atoms with Crippen LogP contribution in [0.5, 0.6) is 0 Å². The molecule has 1 unspecified atom stereocenters. The highest BCUT2D eigenvalue weighted by molar-refractivity contribution is 5.09. The third-order valence-corrected chi connectivity index (χ3v) is 11.6. The van der Waals surface area contributed by atoms with Gasteiger partial charge in [0.05, 0.1) is 0 Å². The number of fused-ring (bicyclic) bond motifs is 5. The molecule has 0 aromatic rings. The van der Waals surface area contributed by atoms with Gasteiger partial charge in [-0.05, 0) is 110 Å². The van der Waals surface area contributed by atoms with Crippen LogP contribution >= 0.6 is 0 Å². The van der Waals surface area contributed by atoms with Crippen LogP contribution in [0, 0.1) is 58.2 Å². The van der Waals surface area contributed by atoms with Gasteiger partial charge in [-0.2, -0.15) is 0 Å². The van der Waals surface area contributed by atoms with Gasteiger partial charge in [-0.1, -0.05) is 67.2 Å². The predicted molar refractivity (Wildman–Crippen MR) is 122 cm³/mol. The number of rotatable bonds is 5. The minimum absolute atomic E-state index is 0.666. The molecule has 0 radical (unpaired) electrons. The molecule has 0 aromatic heterocycles. The van der Waals surface area contributed by atoms with Crippen LogP contribution in [0.3, 0.4) is 0 Å². The fourth-order valence-electron chi connectivity index (χ4n) is 9.33. The summed E-state index contributed by atoms with van der Waals surface area (Å²) in [7, 11) is 0. The van der Waals surface area contributed by atoms with Gasteiger partial charge in [0.2, 0.25) is 0 Å². The molecule has 0 N–H and O–H groups in total. The van der Waals surface area contributed by atoms with Crippen LogP contribution in [0.4, 0.5) is 0 Å². The van der Waals surface area contributed by atoms with Crippen LogP contribution in [0.2, 0.25) is 0 Å². The molecule has 0 aromatic carbocycles. The molecule has 0 bridgehead atoms. The summed E-state index contributed by atoms with van der Waals surface area (Å²) in [4.78, 5) is 0. The average Bonchev–Trinajstić information content (AvgIpc) is 3.02. The Hall–Kier alpha value is 0. The van der Waals surface area contributed by atoms with Crippen molar-refractivity contribution < 1.29 is 0 Å². The summed E-state index contributed by atoms with van der Waals surface area (Å²) >= 11 is 0. The number of hydrogen-bond donors (Lipinski definition) is 0. The van der Waals surface area contributed by atoms with E-state index in [1.54, 1.807) is 51.4 Å². The molecular weight excluding hydrogens is 336 g/mol. The molecule has 0 heterocycles. The van der Waals surface area contributed by atoms with Crippen molar-refractivity contribution in [2.75, 3.05) is 0 Å². The second-order valence-electron chi connectivity index (χ2n) is 12.9. The lowest BCUT2D eigenvalue weighted by Crippen LogP contribution is -2.53. The predicted octanol–water partition coefficient (Wildman–Crippen LogP) is 8.74. The maximum atomic E-state index is 2.75. The van der Waals surface area contributed by atoms with E-state index in [-0.39, 0.29) is 0 Å². The molecule has 0 heteroatoms. The standard InChI is InChI=1S/C28H50/c1-19(2)20(3)10-11-21(4)24-14-15-25-23-13-12-22-9-7-8-17-27(22,5)26(23)16-18-28(24,25)6/h19-26H,7-18H2,1-6H3/t20-,21+,22?,23-,24+,25-,26-,27-,28+/m0/s1. The summed E-state index contributed by atoms with van der Waals surface area (Å²) in [5.74, 6) is 7.96. The maximum Gasteiger partial charge on any atom is -0.0264 e. The van der Waals surface area contributed by atoms with E-state index < -0.39 is 0 Å². The number of hydrogen-bond acceptors (Lipinski definition) is 0. The summed E-state index contributed by atoms with van der Waals surface area (Å²) < 4.78 is 0. The van der Waals surface area contributed by atoms with E-state index in [0.717, 1.165) is 47.3 Å². The Balaban J connectivity index is 1.46. The van der Waals surface area contributed by atoms with Crippen molar-refractivity contribution in [1.82, 2.24) is 0 Å². The molecule has 0 spiro atoms. The van der Waals surface area contributed by atoms with E-state index in [4.69, 9.17) is 0 Å². The van der Waals surface area contributed by atoms with Crippen molar-refractivity contribution in [3.63, 3.8) is 0 Å². The molecule has 0 aliphatic heterocycles. The highest BCUT2D eigenvalue weighted by atomic mass is 14.6. The lowest BCUT2D eigenvalue weighted by atomic mass is 9.44. The van der Waals surface area contributed by atoms with E-state index >= 15 is 0 Å². The first-order chi connectivity index (χ1) is 13.3. The van der Waals surface area contributed by atoms with Crippen molar-refractivity contribution >= 4 is 0 Å². The molecule has 0 amide bonds. The van der Waals surface area contributed by atoms with Crippen LogP contribution in [0.1, 0.15) is 119 Å². The molecule has 0 saturated heterocycles. The molecule has 4 aliphatic carbocycles. The van der Waals surface area contributed by atoms with E-state index in [1.165, 1.54) is 25.7 Å². The van der Waals surface area contributed by atoms with Gasteiger partial charge in [0, 0.05) is 0 Å². The molecule has 4 fully saturated rings. The van der Waals surface area contributed by atoms with Crippen LogP contribution in [0.25, 0.3) is 0 Å². The first-order valence-electron chi connectivity index (χ1n) is 13.3. The van der Waals surface area contributed by atoms with Crippen molar-refractivity contribution in [3.8, 4) is 0 Å². The van der Waals surface area contributed by atoms with Gasteiger partial charge in [0.25, 0.3) is 0 Å².